The van der Waals surface area contributed by atoms with Gasteiger partial charge in [0.15, 0.2) is 0 Å². The molecule has 0 aromatic heterocycles. The summed E-state index contributed by atoms with van der Waals surface area (Å²) in [5, 5.41) is 3.61. The molecule has 2 heteroatoms. The Morgan fingerprint density at radius 2 is 2.07 bits per heavy atom. The first-order chi connectivity index (χ1) is 7.11. The van der Waals surface area contributed by atoms with Crippen LogP contribution in [0.15, 0.2) is 0 Å². The molecule has 1 aliphatic rings. The standard InChI is InChI=1S/C13H27NO/c1-5-10-15-11-8-7-9-13(3,4)12(11)14-6-2/h11-12,14H,5-10H2,1-4H3. The van der Waals surface area contributed by atoms with Gasteiger partial charge in [-0.3, -0.25) is 0 Å². The fourth-order valence-corrected chi connectivity index (χ4v) is 2.66. The van der Waals surface area contributed by atoms with Gasteiger partial charge in [0.2, 0.25) is 0 Å². The van der Waals surface area contributed by atoms with Gasteiger partial charge in [0.25, 0.3) is 0 Å². The van der Waals surface area contributed by atoms with E-state index in [4.69, 9.17) is 4.74 Å². The highest BCUT2D eigenvalue weighted by molar-refractivity contribution is 4.94. The second kappa shape index (κ2) is 5.86. The van der Waals surface area contributed by atoms with E-state index in [0.29, 0.717) is 17.6 Å². The fourth-order valence-electron chi connectivity index (χ4n) is 2.66. The molecule has 0 aromatic carbocycles. The van der Waals surface area contributed by atoms with Crippen LogP contribution < -0.4 is 5.32 Å². The number of rotatable bonds is 5. The average Bonchev–Trinajstić information content (AvgIpc) is 2.19. The Morgan fingerprint density at radius 3 is 2.67 bits per heavy atom. The molecular weight excluding hydrogens is 186 g/mol. The lowest BCUT2D eigenvalue weighted by Crippen LogP contribution is -2.53. The predicted molar refractivity (Wildman–Crippen MR) is 65.1 cm³/mol. The van der Waals surface area contributed by atoms with Crippen LogP contribution in [-0.2, 0) is 4.74 Å². The first-order valence-electron chi connectivity index (χ1n) is 6.46. The minimum absolute atomic E-state index is 0.382. The summed E-state index contributed by atoms with van der Waals surface area (Å²) in [5.74, 6) is 0. The normalized spacial score (nSPS) is 30.4. The molecule has 1 saturated carbocycles. The maximum atomic E-state index is 5.97. The smallest absolute Gasteiger partial charge is 0.0733 e. The van der Waals surface area contributed by atoms with Gasteiger partial charge >= 0.3 is 0 Å². The minimum atomic E-state index is 0.382. The van der Waals surface area contributed by atoms with Gasteiger partial charge in [0, 0.05) is 12.6 Å². The molecule has 1 aliphatic carbocycles. The van der Waals surface area contributed by atoms with Gasteiger partial charge in [-0.15, -0.1) is 0 Å². The molecular formula is C13H27NO. The maximum absolute atomic E-state index is 5.97. The van der Waals surface area contributed by atoms with Crippen LogP contribution in [0.1, 0.15) is 53.4 Å². The van der Waals surface area contributed by atoms with E-state index in [-0.39, 0.29) is 0 Å². The lowest BCUT2D eigenvalue weighted by molar-refractivity contribution is -0.0364. The lowest BCUT2D eigenvalue weighted by Gasteiger charge is -2.44. The van der Waals surface area contributed by atoms with E-state index in [9.17, 15) is 0 Å². The van der Waals surface area contributed by atoms with E-state index in [2.05, 4.69) is 33.0 Å². The van der Waals surface area contributed by atoms with Crippen LogP contribution in [0.2, 0.25) is 0 Å². The molecule has 15 heavy (non-hydrogen) atoms. The van der Waals surface area contributed by atoms with Gasteiger partial charge in [-0.25, -0.2) is 0 Å². The van der Waals surface area contributed by atoms with Crippen LogP contribution in [0.3, 0.4) is 0 Å². The van der Waals surface area contributed by atoms with Crippen LogP contribution in [0.25, 0.3) is 0 Å². The Labute approximate surface area is 94.8 Å². The number of ether oxygens (including phenoxy) is 1. The Hall–Kier alpha value is -0.0800. The average molecular weight is 213 g/mol. The first-order valence-corrected chi connectivity index (χ1v) is 6.46. The summed E-state index contributed by atoms with van der Waals surface area (Å²) >= 11 is 0. The van der Waals surface area contributed by atoms with Crippen molar-refractivity contribution in [3.63, 3.8) is 0 Å². The van der Waals surface area contributed by atoms with Crippen molar-refractivity contribution < 1.29 is 4.74 Å². The van der Waals surface area contributed by atoms with Crippen molar-refractivity contribution in [2.75, 3.05) is 13.2 Å². The van der Waals surface area contributed by atoms with Gasteiger partial charge in [-0.2, -0.15) is 0 Å². The molecule has 1 rings (SSSR count). The molecule has 2 atom stereocenters. The second-order valence-electron chi connectivity index (χ2n) is 5.33. The molecule has 2 unspecified atom stereocenters. The molecule has 0 saturated heterocycles. The Bertz CT molecular complexity index is 179. The van der Waals surface area contributed by atoms with Gasteiger partial charge in [-0.1, -0.05) is 34.1 Å². The summed E-state index contributed by atoms with van der Waals surface area (Å²) in [6, 6.07) is 0.530. The molecule has 1 fully saturated rings. The van der Waals surface area contributed by atoms with E-state index in [1.807, 2.05) is 0 Å². The second-order valence-corrected chi connectivity index (χ2v) is 5.33. The fraction of sp³-hybridized carbons (Fsp3) is 1.00. The van der Waals surface area contributed by atoms with E-state index in [1.54, 1.807) is 0 Å². The molecule has 0 spiro atoms. The summed E-state index contributed by atoms with van der Waals surface area (Å²) < 4.78 is 5.97. The first kappa shape index (κ1) is 13.0. The molecule has 0 aromatic rings. The van der Waals surface area contributed by atoms with E-state index >= 15 is 0 Å². The van der Waals surface area contributed by atoms with Gasteiger partial charge in [-0.05, 0) is 31.2 Å². The third-order valence-electron chi connectivity index (χ3n) is 3.48. The quantitative estimate of drug-likeness (QED) is 0.758. The number of likely N-dealkylation sites (N-methyl/N-ethyl adjacent to an activating group) is 1. The zero-order valence-electron chi connectivity index (χ0n) is 10.8. The number of hydrogen-bond acceptors (Lipinski definition) is 2. The van der Waals surface area contributed by atoms with Crippen LogP contribution in [0.5, 0.6) is 0 Å². The van der Waals surface area contributed by atoms with E-state index in [0.717, 1.165) is 19.6 Å². The SMILES string of the molecule is CCCOC1CCCC(C)(C)C1NCC. The molecule has 0 radical (unpaired) electrons. The molecule has 90 valence electrons. The topological polar surface area (TPSA) is 21.3 Å². The van der Waals surface area contributed by atoms with Gasteiger partial charge in [0.1, 0.15) is 0 Å². The summed E-state index contributed by atoms with van der Waals surface area (Å²) in [6.45, 7) is 11.0. The van der Waals surface area contributed by atoms with E-state index < -0.39 is 0 Å². The predicted octanol–water partition coefficient (Wildman–Crippen LogP) is 2.97. The van der Waals surface area contributed by atoms with Crippen LogP contribution in [0.4, 0.5) is 0 Å². The van der Waals surface area contributed by atoms with Crippen molar-refractivity contribution in [2.45, 2.75) is 65.5 Å². The molecule has 0 heterocycles. The van der Waals surface area contributed by atoms with Crippen molar-refractivity contribution in [1.29, 1.82) is 0 Å². The van der Waals surface area contributed by atoms with Crippen LogP contribution >= 0.6 is 0 Å². The van der Waals surface area contributed by atoms with Crippen molar-refractivity contribution in [3.8, 4) is 0 Å². The van der Waals surface area contributed by atoms with E-state index in [1.165, 1.54) is 19.3 Å². The largest absolute Gasteiger partial charge is 0.377 e. The van der Waals surface area contributed by atoms with Crippen LogP contribution in [-0.4, -0.2) is 25.3 Å². The summed E-state index contributed by atoms with van der Waals surface area (Å²) in [4.78, 5) is 0. The molecule has 0 amide bonds. The van der Waals surface area contributed by atoms with Crippen molar-refractivity contribution in [3.05, 3.63) is 0 Å². The maximum Gasteiger partial charge on any atom is 0.0733 e. The summed E-state index contributed by atoms with van der Waals surface area (Å²) in [6.07, 6.45) is 5.39. The zero-order chi connectivity index (χ0) is 11.3. The Balaban J connectivity index is 2.57. The molecule has 2 nitrogen and oxygen atoms in total. The van der Waals surface area contributed by atoms with Crippen molar-refractivity contribution in [1.82, 2.24) is 5.32 Å². The highest BCUT2D eigenvalue weighted by Crippen LogP contribution is 2.36. The van der Waals surface area contributed by atoms with Crippen molar-refractivity contribution in [2.24, 2.45) is 5.41 Å². The van der Waals surface area contributed by atoms with Crippen LogP contribution in [0, 0.1) is 5.41 Å². The van der Waals surface area contributed by atoms with Gasteiger partial charge in [0.05, 0.1) is 6.10 Å². The summed E-state index contributed by atoms with van der Waals surface area (Å²) in [7, 11) is 0. The third-order valence-corrected chi connectivity index (χ3v) is 3.48. The van der Waals surface area contributed by atoms with Gasteiger partial charge < -0.3 is 10.1 Å². The Kier molecular flexibility index (Phi) is 5.07. The monoisotopic (exact) mass is 213 g/mol. The molecule has 0 aliphatic heterocycles. The highest BCUT2D eigenvalue weighted by atomic mass is 16.5. The Morgan fingerprint density at radius 1 is 1.33 bits per heavy atom. The third kappa shape index (κ3) is 3.46. The number of nitrogens with one attached hydrogen (secondary N) is 1. The number of hydrogen-bond donors (Lipinski definition) is 1. The zero-order valence-corrected chi connectivity index (χ0v) is 10.8. The van der Waals surface area contributed by atoms with Crippen molar-refractivity contribution >= 4 is 0 Å². The summed E-state index contributed by atoms with van der Waals surface area (Å²) in [5.41, 5.74) is 0.382. The minimum Gasteiger partial charge on any atom is -0.377 e. The molecule has 0 bridgehead atoms. The highest BCUT2D eigenvalue weighted by Gasteiger charge is 2.38. The lowest BCUT2D eigenvalue weighted by atomic mass is 9.71. The molecule has 1 N–H and O–H groups in total.